The van der Waals surface area contributed by atoms with Gasteiger partial charge in [0.05, 0.1) is 30.4 Å². The van der Waals surface area contributed by atoms with Gasteiger partial charge in [-0.2, -0.15) is 0 Å². The third-order valence-corrected chi connectivity index (χ3v) is 4.37. The molecule has 0 fully saturated rings. The number of carbonyl (C=O) groups excluding carboxylic acids is 2. The van der Waals surface area contributed by atoms with Gasteiger partial charge < -0.3 is 25.0 Å². The Labute approximate surface area is 144 Å². The maximum atomic E-state index is 12.8. The van der Waals surface area contributed by atoms with Gasteiger partial charge >= 0.3 is 6.03 Å². The minimum atomic E-state index is -0.520. The normalized spacial score (nSPS) is 20.3. The number of methoxy groups -OCH3 is 2. The zero-order chi connectivity index (χ0) is 17.3. The second-order valence-electron chi connectivity index (χ2n) is 5.56. The van der Waals surface area contributed by atoms with E-state index in [1.165, 1.54) is 14.2 Å². The van der Waals surface area contributed by atoms with Crippen LogP contribution in [0, 0.1) is 0 Å². The highest BCUT2D eigenvalue weighted by molar-refractivity contribution is 6.30. The Morgan fingerprint density at radius 2 is 1.92 bits per heavy atom. The molecule has 3 rings (SSSR count). The van der Waals surface area contributed by atoms with Crippen LogP contribution in [0.2, 0.25) is 5.02 Å². The smallest absolute Gasteiger partial charge is 0.319 e. The summed E-state index contributed by atoms with van der Waals surface area (Å²) in [5.74, 6) is -0.156. The van der Waals surface area contributed by atoms with Gasteiger partial charge in [-0.1, -0.05) is 23.7 Å². The van der Waals surface area contributed by atoms with Crippen molar-refractivity contribution in [1.82, 2.24) is 15.5 Å². The van der Waals surface area contributed by atoms with Crippen LogP contribution in [0.5, 0.6) is 0 Å². The van der Waals surface area contributed by atoms with Crippen molar-refractivity contribution in [3.05, 3.63) is 46.1 Å². The number of urea groups is 1. The van der Waals surface area contributed by atoms with Crippen LogP contribution in [0.1, 0.15) is 11.6 Å². The summed E-state index contributed by atoms with van der Waals surface area (Å²) in [6.07, 6.45) is -0.520. The molecule has 0 bridgehead atoms. The molecule has 2 heterocycles. The highest BCUT2D eigenvalue weighted by Crippen LogP contribution is 2.33. The van der Waals surface area contributed by atoms with E-state index in [1.807, 2.05) is 0 Å². The molecule has 0 saturated heterocycles. The molecule has 24 heavy (non-hydrogen) atoms. The molecule has 0 spiro atoms. The molecule has 1 unspecified atom stereocenters. The number of rotatable bonds is 5. The fourth-order valence-electron chi connectivity index (χ4n) is 2.91. The minimum Gasteiger partial charge on any atom is -0.354 e. The Morgan fingerprint density at radius 1 is 1.25 bits per heavy atom. The van der Waals surface area contributed by atoms with Crippen molar-refractivity contribution in [3.8, 4) is 0 Å². The first kappa shape index (κ1) is 16.8. The average Bonchev–Trinajstić information content (AvgIpc) is 2.88. The van der Waals surface area contributed by atoms with E-state index < -0.39 is 12.3 Å². The third-order valence-electron chi connectivity index (χ3n) is 4.12. The summed E-state index contributed by atoms with van der Waals surface area (Å²) in [6.45, 7) is 0.594. The number of nitrogens with one attached hydrogen (secondary N) is 2. The first-order chi connectivity index (χ1) is 11.5. The lowest BCUT2D eigenvalue weighted by atomic mass is 9.96. The molecule has 2 N–H and O–H groups in total. The topological polar surface area (TPSA) is 79.9 Å². The summed E-state index contributed by atoms with van der Waals surface area (Å²) >= 11 is 5.92. The largest absolute Gasteiger partial charge is 0.354 e. The summed E-state index contributed by atoms with van der Waals surface area (Å²) in [5, 5.41) is 6.11. The van der Waals surface area contributed by atoms with E-state index in [-0.39, 0.29) is 18.5 Å². The Kier molecular flexibility index (Phi) is 4.75. The van der Waals surface area contributed by atoms with Gasteiger partial charge in [0.15, 0.2) is 6.29 Å². The Morgan fingerprint density at radius 3 is 2.54 bits per heavy atom. The number of amides is 3. The number of hydrogen-bond acceptors (Lipinski definition) is 4. The zero-order valence-corrected chi connectivity index (χ0v) is 14.1. The van der Waals surface area contributed by atoms with Crippen molar-refractivity contribution >= 4 is 23.5 Å². The van der Waals surface area contributed by atoms with Gasteiger partial charge in [0.25, 0.3) is 5.91 Å². The fourth-order valence-corrected chi connectivity index (χ4v) is 3.03. The molecular weight excluding hydrogens is 334 g/mol. The molecule has 1 atom stereocenters. The first-order valence-electron chi connectivity index (χ1n) is 7.44. The van der Waals surface area contributed by atoms with Crippen molar-refractivity contribution in [2.75, 3.05) is 27.3 Å². The monoisotopic (exact) mass is 351 g/mol. The average molecular weight is 352 g/mol. The van der Waals surface area contributed by atoms with E-state index in [1.54, 1.807) is 29.2 Å². The molecule has 1 aromatic rings. The van der Waals surface area contributed by atoms with Crippen molar-refractivity contribution in [2.45, 2.75) is 12.3 Å². The van der Waals surface area contributed by atoms with Gasteiger partial charge in [-0.05, 0) is 17.7 Å². The molecule has 0 aliphatic carbocycles. The van der Waals surface area contributed by atoms with Gasteiger partial charge in [-0.15, -0.1) is 0 Å². The van der Waals surface area contributed by atoms with E-state index in [2.05, 4.69) is 10.6 Å². The number of ether oxygens (including phenoxy) is 2. The second kappa shape index (κ2) is 6.80. The Hall–Kier alpha value is -2.09. The van der Waals surface area contributed by atoms with E-state index >= 15 is 0 Å². The maximum absolute atomic E-state index is 12.8. The molecule has 3 amide bonds. The highest BCUT2D eigenvalue weighted by atomic mass is 35.5. The van der Waals surface area contributed by atoms with Gasteiger partial charge in [0.2, 0.25) is 0 Å². The molecule has 0 aromatic heterocycles. The number of carbonyl (C=O) groups is 2. The van der Waals surface area contributed by atoms with E-state index in [0.717, 1.165) is 5.56 Å². The van der Waals surface area contributed by atoms with Crippen molar-refractivity contribution in [3.63, 3.8) is 0 Å². The lowest BCUT2D eigenvalue weighted by molar-refractivity contribution is -0.140. The predicted molar refractivity (Wildman–Crippen MR) is 87.3 cm³/mol. The lowest BCUT2D eigenvalue weighted by Gasteiger charge is -2.25. The quantitative estimate of drug-likeness (QED) is 0.786. The summed E-state index contributed by atoms with van der Waals surface area (Å²) in [5.41, 5.74) is 1.93. The van der Waals surface area contributed by atoms with Gasteiger partial charge in [-0.3, -0.25) is 4.79 Å². The van der Waals surface area contributed by atoms with Gasteiger partial charge in [0, 0.05) is 19.2 Å². The molecule has 2 aliphatic heterocycles. The van der Waals surface area contributed by atoms with Gasteiger partial charge in [-0.25, -0.2) is 4.79 Å². The lowest BCUT2D eigenvalue weighted by Crippen LogP contribution is -2.44. The van der Waals surface area contributed by atoms with Crippen LogP contribution < -0.4 is 10.6 Å². The molecule has 1 aromatic carbocycles. The SMILES string of the molecule is COC(CN1CC2=C(C1=O)C(c1ccc(Cl)cc1)NC(=O)N2)OC. The van der Waals surface area contributed by atoms with Crippen LogP contribution in [-0.4, -0.2) is 50.4 Å². The number of hydrogen-bond donors (Lipinski definition) is 2. The van der Waals surface area contributed by atoms with Crippen LogP contribution in [0.3, 0.4) is 0 Å². The van der Waals surface area contributed by atoms with Crippen molar-refractivity contribution in [2.24, 2.45) is 0 Å². The zero-order valence-electron chi connectivity index (χ0n) is 13.3. The molecule has 7 nitrogen and oxygen atoms in total. The van der Waals surface area contributed by atoms with Crippen LogP contribution in [-0.2, 0) is 14.3 Å². The van der Waals surface area contributed by atoms with Crippen LogP contribution >= 0.6 is 11.6 Å². The van der Waals surface area contributed by atoms with Crippen LogP contribution in [0.25, 0.3) is 0 Å². The second-order valence-corrected chi connectivity index (χ2v) is 6.00. The molecule has 2 aliphatic rings. The summed E-state index contributed by atoms with van der Waals surface area (Å²) in [7, 11) is 3.03. The highest BCUT2D eigenvalue weighted by Gasteiger charge is 2.40. The van der Waals surface area contributed by atoms with Crippen molar-refractivity contribution in [1.29, 1.82) is 0 Å². The molecule has 8 heteroatoms. The van der Waals surface area contributed by atoms with Crippen LogP contribution in [0.15, 0.2) is 35.5 Å². The van der Waals surface area contributed by atoms with E-state index in [4.69, 9.17) is 21.1 Å². The summed E-state index contributed by atoms with van der Waals surface area (Å²) < 4.78 is 10.3. The minimum absolute atomic E-state index is 0.156. The summed E-state index contributed by atoms with van der Waals surface area (Å²) in [4.78, 5) is 26.3. The fraction of sp³-hybridized carbons (Fsp3) is 0.375. The van der Waals surface area contributed by atoms with Crippen LogP contribution in [0.4, 0.5) is 4.79 Å². The van der Waals surface area contributed by atoms with Gasteiger partial charge in [0.1, 0.15) is 0 Å². The number of halogens is 1. The maximum Gasteiger partial charge on any atom is 0.319 e. The standard InChI is InChI=1S/C16H18ClN3O4/c1-23-12(24-2)8-20-7-11-13(15(20)21)14(19-16(22)18-11)9-3-5-10(17)6-4-9/h3-6,12,14H,7-8H2,1-2H3,(H2,18,19,22). The Balaban J connectivity index is 1.87. The number of nitrogens with zero attached hydrogens (tertiary/aromatic N) is 1. The van der Waals surface area contributed by atoms with Crippen molar-refractivity contribution < 1.29 is 19.1 Å². The molecular formula is C16H18ClN3O4. The molecule has 0 saturated carbocycles. The van der Waals surface area contributed by atoms with E-state index in [9.17, 15) is 9.59 Å². The Bertz CT molecular complexity index is 685. The first-order valence-corrected chi connectivity index (χ1v) is 7.82. The van der Waals surface area contributed by atoms with E-state index in [0.29, 0.717) is 22.8 Å². The molecule has 0 radical (unpaired) electrons. The third kappa shape index (κ3) is 3.10. The summed E-state index contributed by atoms with van der Waals surface area (Å²) in [6, 6.07) is 6.21. The molecule has 128 valence electrons. The number of benzene rings is 1. The predicted octanol–water partition coefficient (Wildman–Crippen LogP) is 1.41.